The van der Waals surface area contributed by atoms with E-state index in [1.165, 1.54) is 7.11 Å². The first-order chi connectivity index (χ1) is 15.3. The molecule has 2 aromatic carbocycles. The molecule has 0 aliphatic carbocycles. The molecule has 0 aromatic heterocycles. The number of amides is 1. The Hall–Kier alpha value is -1.81. The number of hydrogen-bond donors (Lipinski definition) is 3. The van der Waals surface area contributed by atoms with E-state index in [1.807, 2.05) is 37.4 Å². The maximum Gasteiger partial charge on any atom is 0.328 e. The lowest BCUT2D eigenvalue weighted by Gasteiger charge is -2.20. The number of halogens is 3. The van der Waals surface area contributed by atoms with Gasteiger partial charge in [-0.3, -0.25) is 4.79 Å². The molecule has 184 valence electrons. The van der Waals surface area contributed by atoms with Crippen LogP contribution in [0.25, 0.3) is 0 Å². The first-order valence-electron chi connectivity index (χ1n) is 10.2. The quantitative estimate of drug-likeness (QED) is 0.250. The van der Waals surface area contributed by atoms with E-state index >= 15 is 0 Å². The minimum absolute atomic E-state index is 0. The van der Waals surface area contributed by atoms with Gasteiger partial charge in [0.05, 0.1) is 23.8 Å². The van der Waals surface area contributed by atoms with E-state index in [9.17, 15) is 14.7 Å². The lowest BCUT2D eigenvalue weighted by atomic mass is 10.0. The third-order valence-electron chi connectivity index (χ3n) is 4.92. The number of aromatic hydroxyl groups is 1. The monoisotopic (exact) mass is 608 g/mol. The van der Waals surface area contributed by atoms with Crippen LogP contribution in [0.5, 0.6) is 11.5 Å². The zero-order valence-corrected chi connectivity index (χ0v) is 22.7. The van der Waals surface area contributed by atoms with Gasteiger partial charge in [0.15, 0.2) is 5.75 Å². The first-order valence-corrected chi connectivity index (χ1v) is 11.8. The highest BCUT2D eigenvalue weighted by Crippen LogP contribution is 2.45. The van der Waals surface area contributed by atoms with Crippen molar-refractivity contribution in [3.63, 3.8) is 0 Å². The molecule has 7 nitrogen and oxygen atoms in total. The summed E-state index contributed by atoms with van der Waals surface area (Å²) in [6.07, 6.45) is 2.05. The average Bonchev–Trinajstić information content (AvgIpc) is 2.79. The number of phenols is 1. The molecule has 0 unspecified atom stereocenters. The van der Waals surface area contributed by atoms with Gasteiger partial charge in [0.25, 0.3) is 5.91 Å². The van der Waals surface area contributed by atoms with Gasteiger partial charge in [-0.1, -0.05) is 30.3 Å². The zero-order valence-electron chi connectivity index (χ0n) is 18.7. The summed E-state index contributed by atoms with van der Waals surface area (Å²) in [5.41, 5.74) is 1.42. The number of unbranched alkanes of at least 4 members (excludes halogenated alkanes) is 1. The topological polar surface area (TPSA) is 96.9 Å². The normalized spacial score (nSPS) is 11.3. The van der Waals surface area contributed by atoms with E-state index in [4.69, 9.17) is 9.47 Å². The summed E-state index contributed by atoms with van der Waals surface area (Å²) in [7, 11) is 3.16. The van der Waals surface area contributed by atoms with Gasteiger partial charge in [-0.2, -0.15) is 0 Å². The number of nitrogens with one attached hydrogen (secondary N) is 2. The maximum atomic E-state index is 13.1. The van der Waals surface area contributed by atoms with Crippen LogP contribution < -0.4 is 15.4 Å². The van der Waals surface area contributed by atoms with Crippen molar-refractivity contribution in [3.05, 3.63) is 56.0 Å². The van der Waals surface area contributed by atoms with E-state index in [-0.39, 0.29) is 36.0 Å². The van der Waals surface area contributed by atoms with Crippen molar-refractivity contribution in [2.75, 3.05) is 27.3 Å². The Labute approximate surface area is 218 Å². The molecule has 0 aliphatic rings. The van der Waals surface area contributed by atoms with E-state index in [2.05, 4.69) is 42.5 Å². The fourth-order valence-electron chi connectivity index (χ4n) is 3.17. The van der Waals surface area contributed by atoms with Crippen LogP contribution >= 0.6 is 44.3 Å². The van der Waals surface area contributed by atoms with Crippen LogP contribution in [-0.2, 0) is 16.0 Å². The largest absolute Gasteiger partial charge is 0.506 e. The van der Waals surface area contributed by atoms with Crippen molar-refractivity contribution in [2.24, 2.45) is 0 Å². The van der Waals surface area contributed by atoms with Crippen LogP contribution in [0.2, 0.25) is 0 Å². The van der Waals surface area contributed by atoms with Crippen molar-refractivity contribution in [1.29, 1.82) is 0 Å². The highest BCUT2D eigenvalue weighted by atomic mass is 79.9. The number of ether oxygens (including phenoxy) is 2. The number of hydrogen-bond acceptors (Lipinski definition) is 6. The predicted molar refractivity (Wildman–Crippen MR) is 140 cm³/mol. The minimum Gasteiger partial charge on any atom is -0.506 e. The predicted octanol–water partition coefficient (Wildman–Crippen LogP) is 4.79. The third-order valence-corrected chi connectivity index (χ3v) is 6.61. The Kier molecular flexibility index (Phi) is 12.8. The van der Waals surface area contributed by atoms with Gasteiger partial charge in [0, 0.05) is 7.85 Å². The van der Waals surface area contributed by atoms with Crippen molar-refractivity contribution in [2.45, 2.75) is 32.2 Å². The fraction of sp³-hybridized carbons (Fsp3) is 0.391. The van der Waals surface area contributed by atoms with E-state index in [0.717, 1.165) is 24.9 Å². The molecular weight excluding hydrogens is 580 g/mol. The Morgan fingerprint density at radius 3 is 2.42 bits per heavy atom. The molecule has 0 radical (unpaired) electrons. The molecule has 10 heteroatoms. The summed E-state index contributed by atoms with van der Waals surface area (Å²) in [5.74, 6) is -0.987. The third kappa shape index (κ3) is 7.88. The van der Waals surface area contributed by atoms with E-state index in [0.29, 0.717) is 22.4 Å². The number of benzene rings is 2. The second-order valence-electron chi connectivity index (χ2n) is 7.20. The Morgan fingerprint density at radius 1 is 1.15 bits per heavy atom. The van der Waals surface area contributed by atoms with Crippen LogP contribution in [0.4, 0.5) is 0 Å². The van der Waals surface area contributed by atoms with Crippen molar-refractivity contribution >= 4 is 56.1 Å². The summed E-state index contributed by atoms with van der Waals surface area (Å²) in [6, 6.07) is 8.40. The molecule has 2 aromatic rings. The molecule has 0 bridgehead atoms. The van der Waals surface area contributed by atoms with Gasteiger partial charge in [-0.25, -0.2) is 4.79 Å². The average molecular weight is 611 g/mol. The Morgan fingerprint density at radius 2 is 1.82 bits per heavy atom. The molecule has 1 amide bonds. The van der Waals surface area contributed by atoms with Crippen LogP contribution in [-0.4, -0.2) is 50.3 Å². The van der Waals surface area contributed by atoms with Crippen molar-refractivity contribution < 1.29 is 25.6 Å². The van der Waals surface area contributed by atoms with Gasteiger partial charge in [-0.05, 0) is 76.3 Å². The van der Waals surface area contributed by atoms with Crippen LogP contribution in [0.1, 0.15) is 35.8 Å². The minimum atomic E-state index is -0.908. The molecule has 0 saturated heterocycles. The molecule has 33 heavy (non-hydrogen) atoms. The Balaban J connectivity index is 0.00000544. The number of phenolic OH excluding ortho intramolecular Hbond substituents is 1. The first kappa shape index (κ1) is 29.2. The molecular formula is C23H31Br2ClN2O5. The lowest BCUT2D eigenvalue weighted by Crippen LogP contribution is -2.43. The highest BCUT2D eigenvalue weighted by molar-refractivity contribution is 9.11. The standard InChI is InChI=1S/C23H28Br2N2O5.ClH.H2/c1-14-17(20(28)19(25)21(18(14)24)32-12-8-7-11-26-2)22(29)27-16(23(30)31-3)13-15-9-5-4-6-10-15;;/h4-6,9-10,16,26,28H,7-8,11-13H2,1-3H3,(H,27,29);2*1H/t16-;;/m0../s1. The molecule has 0 aliphatic heterocycles. The molecule has 0 heterocycles. The highest BCUT2D eigenvalue weighted by Gasteiger charge is 2.28. The summed E-state index contributed by atoms with van der Waals surface area (Å²) in [5, 5.41) is 16.5. The maximum absolute atomic E-state index is 13.1. The van der Waals surface area contributed by atoms with Crippen molar-refractivity contribution in [1.82, 2.24) is 10.6 Å². The van der Waals surface area contributed by atoms with Gasteiger partial charge < -0.3 is 25.2 Å². The van der Waals surface area contributed by atoms with Crippen LogP contribution in [0, 0.1) is 6.92 Å². The number of carbonyl (C=O) groups excluding carboxylic acids is 2. The lowest BCUT2D eigenvalue weighted by molar-refractivity contribution is -0.142. The van der Waals surface area contributed by atoms with Crippen LogP contribution in [0.15, 0.2) is 39.3 Å². The molecule has 0 saturated carbocycles. The molecule has 2 rings (SSSR count). The van der Waals surface area contributed by atoms with Gasteiger partial charge in [-0.15, -0.1) is 12.4 Å². The molecule has 1 atom stereocenters. The smallest absolute Gasteiger partial charge is 0.328 e. The SMILES string of the molecule is CNCCCCOc1c(Br)c(C)c(C(=O)N[C@@H](Cc2ccccc2)C(=O)OC)c(O)c1Br.Cl.[HH]. The molecule has 0 spiro atoms. The number of methoxy groups -OCH3 is 1. The van der Waals surface area contributed by atoms with Gasteiger partial charge in [0.1, 0.15) is 16.3 Å². The number of esters is 1. The summed E-state index contributed by atoms with van der Waals surface area (Å²) < 4.78 is 11.5. The Bertz CT molecular complexity index is 922. The second-order valence-corrected chi connectivity index (χ2v) is 8.79. The van der Waals surface area contributed by atoms with Crippen molar-refractivity contribution in [3.8, 4) is 11.5 Å². The zero-order chi connectivity index (χ0) is 23.7. The summed E-state index contributed by atoms with van der Waals surface area (Å²) >= 11 is 6.82. The summed E-state index contributed by atoms with van der Waals surface area (Å²) in [4.78, 5) is 25.4. The number of carbonyl (C=O) groups is 2. The summed E-state index contributed by atoms with van der Waals surface area (Å²) in [6.45, 7) is 3.05. The molecule has 0 fully saturated rings. The number of rotatable bonds is 11. The van der Waals surface area contributed by atoms with Gasteiger partial charge >= 0.3 is 5.97 Å². The van der Waals surface area contributed by atoms with E-state index in [1.54, 1.807) is 6.92 Å². The van der Waals surface area contributed by atoms with E-state index < -0.39 is 17.9 Å². The fourth-order valence-corrected chi connectivity index (χ4v) is 4.46. The van der Waals surface area contributed by atoms with Crippen LogP contribution in [0.3, 0.4) is 0 Å². The van der Waals surface area contributed by atoms with Gasteiger partial charge in [0.2, 0.25) is 0 Å². The second kappa shape index (κ2) is 14.5. The molecule has 3 N–H and O–H groups in total.